The van der Waals surface area contributed by atoms with Crippen molar-refractivity contribution >= 4 is 28.4 Å². The van der Waals surface area contributed by atoms with Gasteiger partial charge in [0.05, 0.1) is 33.2 Å². The molecule has 0 bridgehead atoms. The summed E-state index contributed by atoms with van der Waals surface area (Å²) in [4.78, 5) is 33.5. The Bertz CT molecular complexity index is 1370. The van der Waals surface area contributed by atoms with Crippen LogP contribution in [0.5, 0.6) is 0 Å². The van der Waals surface area contributed by atoms with Gasteiger partial charge in [0.2, 0.25) is 0 Å². The lowest BCUT2D eigenvalue weighted by molar-refractivity contribution is 0.0672. The number of halogens is 2. The van der Waals surface area contributed by atoms with Crippen LogP contribution in [-0.4, -0.2) is 26.9 Å². The highest BCUT2D eigenvalue weighted by Gasteiger charge is 2.29. The van der Waals surface area contributed by atoms with Crippen molar-refractivity contribution in [2.45, 2.75) is 26.3 Å². The molecule has 4 aromatic rings. The molecule has 0 aliphatic heterocycles. The average molecular weight is 464 g/mol. The van der Waals surface area contributed by atoms with Gasteiger partial charge in [-0.15, -0.1) is 0 Å². The van der Waals surface area contributed by atoms with Gasteiger partial charge in [0, 0.05) is 6.54 Å². The first-order chi connectivity index (χ1) is 16.0. The maximum absolute atomic E-state index is 13.6. The Balaban J connectivity index is 1.95. The molecule has 0 aliphatic carbocycles. The summed E-state index contributed by atoms with van der Waals surface area (Å²) < 4.78 is 15.1. The molecule has 5 nitrogen and oxygen atoms in total. The minimum atomic E-state index is -0.513. The molecule has 0 N–H and O–H groups in total. The third-order valence-corrected chi connectivity index (χ3v) is 5.98. The van der Waals surface area contributed by atoms with Gasteiger partial charge in [-0.3, -0.25) is 14.2 Å². The van der Waals surface area contributed by atoms with Crippen LogP contribution in [0.25, 0.3) is 16.6 Å². The molecular weight excluding hydrogens is 441 g/mol. The third-order valence-electron chi connectivity index (χ3n) is 5.65. The van der Waals surface area contributed by atoms with Crippen molar-refractivity contribution < 1.29 is 9.18 Å². The summed E-state index contributed by atoms with van der Waals surface area (Å²) in [6.07, 6.45) is 0.510. The number of nitrogens with zero attached hydrogens (tertiary/aromatic N) is 3. The lowest BCUT2D eigenvalue weighted by Crippen LogP contribution is -2.38. The van der Waals surface area contributed by atoms with E-state index in [9.17, 15) is 14.0 Å². The fourth-order valence-electron chi connectivity index (χ4n) is 4.05. The van der Waals surface area contributed by atoms with Crippen molar-refractivity contribution in [1.82, 2.24) is 14.5 Å². The molecule has 1 unspecified atom stereocenters. The van der Waals surface area contributed by atoms with Gasteiger partial charge in [0.15, 0.2) is 0 Å². The van der Waals surface area contributed by atoms with E-state index in [-0.39, 0.29) is 11.5 Å². The second-order valence-corrected chi connectivity index (χ2v) is 8.01. The predicted molar refractivity (Wildman–Crippen MR) is 128 cm³/mol. The highest BCUT2D eigenvalue weighted by atomic mass is 35.5. The largest absolute Gasteiger partial charge is 0.329 e. The zero-order valence-corrected chi connectivity index (χ0v) is 19.1. The fourth-order valence-corrected chi connectivity index (χ4v) is 4.27. The maximum Gasteiger partial charge on any atom is 0.266 e. The van der Waals surface area contributed by atoms with Crippen LogP contribution in [0, 0.1) is 5.82 Å². The molecule has 1 heterocycles. The van der Waals surface area contributed by atoms with E-state index in [2.05, 4.69) is 0 Å². The molecule has 0 saturated carbocycles. The number of para-hydroxylation sites is 1. The topological polar surface area (TPSA) is 55.2 Å². The van der Waals surface area contributed by atoms with Crippen LogP contribution >= 0.6 is 11.6 Å². The van der Waals surface area contributed by atoms with Gasteiger partial charge in [0.1, 0.15) is 11.6 Å². The van der Waals surface area contributed by atoms with Crippen LogP contribution < -0.4 is 5.56 Å². The highest BCUT2D eigenvalue weighted by molar-refractivity contribution is 6.33. The molecule has 0 saturated heterocycles. The highest BCUT2D eigenvalue weighted by Crippen LogP contribution is 2.28. The second kappa shape index (κ2) is 9.55. The number of hydrogen-bond donors (Lipinski definition) is 0. The van der Waals surface area contributed by atoms with Gasteiger partial charge in [-0.05, 0) is 61.9 Å². The Morgan fingerprint density at radius 3 is 2.36 bits per heavy atom. The first kappa shape index (κ1) is 22.7. The van der Waals surface area contributed by atoms with E-state index in [4.69, 9.17) is 16.6 Å². The summed E-state index contributed by atoms with van der Waals surface area (Å²) in [5.74, 6) is -0.240. The molecule has 0 fully saturated rings. The minimum Gasteiger partial charge on any atom is -0.329 e. The molecule has 7 heteroatoms. The molecular formula is C26H23ClFN3O2. The van der Waals surface area contributed by atoms with E-state index >= 15 is 0 Å². The second-order valence-electron chi connectivity index (χ2n) is 7.60. The van der Waals surface area contributed by atoms with Gasteiger partial charge in [-0.25, -0.2) is 9.37 Å². The van der Waals surface area contributed by atoms with E-state index in [0.29, 0.717) is 46.0 Å². The summed E-state index contributed by atoms with van der Waals surface area (Å²) in [7, 11) is 0. The van der Waals surface area contributed by atoms with Crippen molar-refractivity contribution in [3.8, 4) is 5.69 Å². The first-order valence-corrected chi connectivity index (χ1v) is 11.2. The third kappa shape index (κ3) is 4.26. The molecule has 1 aromatic heterocycles. The number of aromatic nitrogens is 2. The number of carbonyl (C=O) groups is 1. The number of rotatable bonds is 6. The average Bonchev–Trinajstić information content (AvgIpc) is 2.83. The zero-order valence-electron chi connectivity index (χ0n) is 18.3. The first-order valence-electron chi connectivity index (χ1n) is 10.8. The molecule has 168 valence electrons. The molecule has 0 radical (unpaired) electrons. The van der Waals surface area contributed by atoms with Crippen LogP contribution in [-0.2, 0) is 0 Å². The Morgan fingerprint density at radius 1 is 1.03 bits per heavy atom. The van der Waals surface area contributed by atoms with Crippen LogP contribution in [0.15, 0.2) is 77.6 Å². The number of benzene rings is 3. The molecule has 3 aromatic carbocycles. The monoisotopic (exact) mass is 463 g/mol. The summed E-state index contributed by atoms with van der Waals surface area (Å²) in [6, 6.07) is 19.1. The summed E-state index contributed by atoms with van der Waals surface area (Å²) in [6.45, 7) is 4.19. The molecule has 0 aliphatic rings. The summed E-state index contributed by atoms with van der Waals surface area (Å²) in [5.41, 5.74) is 1.13. The standard InChI is InChI=1S/C26H23ClFN3O2/c1-3-23(30(4-2)25(32)19-9-5-7-11-21(19)27)24-29-22-12-8-6-10-20(22)26(33)31(24)18-15-13-17(28)14-16-18/h5-16,23H,3-4H2,1-2H3. The van der Waals surface area contributed by atoms with Crippen molar-refractivity contribution in [2.75, 3.05) is 6.54 Å². The SMILES string of the molecule is CCC(c1nc2ccccc2c(=O)n1-c1ccc(F)cc1)N(CC)C(=O)c1ccccc1Cl. The van der Waals surface area contributed by atoms with Gasteiger partial charge in [-0.1, -0.05) is 42.8 Å². The number of hydrogen-bond acceptors (Lipinski definition) is 3. The van der Waals surface area contributed by atoms with Crippen LogP contribution in [0.1, 0.15) is 42.5 Å². The smallest absolute Gasteiger partial charge is 0.266 e. The van der Waals surface area contributed by atoms with Crippen LogP contribution in [0.3, 0.4) is 0 Å². The zero-order chi connectivity index (χ0) is 23.5. The maximum atomic E-state index is 13.6. The van der Waals surface area contributed by atoms with Gasteiger partial charge >= 0.3 is 0 Å². The van der Waals surface area contributed by atoms with E-state index < -0.39 is 11.9 Å². The summed E-state index contributed by atoms with van der Waals surface area (Å²) in [5, 5.41) is 0.805. The van der Waals surface area contributed by atoms with Crippen molar-refractivity contribution in [3.05, 3.63) is 105 Å². The van der Waals surface area contributed by atoms with Gasteiger partial charge < -0.3 is 4.90 Å². The fraction of sp³-hybridized carbons (Fsp3) is 0.192. The summed E-state index contributed by atoms with van der Waals surface area (Å²) >= 11 is 6.31. The molecule has 33 heavy (non-hydrogen) atoms. The quantitative estimate of drug-likeness (QED) is 0.363. The molecule has 0 spiro atoms. The van der Waals surface area contributed by atoms with Crippen molar-refractivity contribution in [3.63, 3.8) is 0 Å². The molecule has 4 rings (SSSR count). The Kier molecular flexibility index (Phi) is 6.56. The minimum absolute atomic E-state index is 0.247. The van der Waals surface area contributed by atoms with Crippen LogP contribution in [0.2, 0.25) is 5.02 Å². The lowest BCUT2D eigenvalue weighted by Gasteiger charge is -2.31. The number of amides is 1. The van der Waals surface area contributed by atoms with E-state index in [0.717, 1.165) is 0 Å². The Morgan fingerprint density at radius 2 is 1.70 bits per heavy atom. The van der Waals surface area contributed by atoms with Crippen molar-refractivity contribution in [1.29, 1.82) is 0 Å². The number of carbonyl (C=O) groups excluding carboxylic acids is 1. The predicted octanol–water partition coefficient (Wildman–Crippen LogP) is 5.79. The van der Waals surface area contributed by atoms with Crippen LogP contribution in [0.4, 0.5) is 4.39 Å². The van der Waals surface area contributed by atoms with Gasteiger partial charge in [0.25, 0.3) is 11.5 Å². The molecule has 1 amide bonds. The molecule has 1 atom stereocenters. The normalized spacial score (nSPS) is 12.0. The lowest BCUT2D eigenvalue weighted by atomic mass is 10.1. The van der Waals surface area contributed by atoms with E-state index in [1.807, 2.05) is 19.9 Å². The van der Waals surface area contributed by atoms with Gasteiger partial charge in [-0.2, -0.15) is 0 Å². The van der Waals surface area contributed by atoms with E-state index in [1.165, 1.54) is 28.8 Å². The number of fused-ring (bicyclic) bond motifs is 1. The Hall–Kier alpha value is -3.51. The Labute approximate surface area is 196 Å². The van der Waals surface area contributed by atoms with Crippen molar-refractivity contribution in [2.24, 2.45) is 0 Å². The van der Waals surface area contributed by atoms with E-state index in [1.54, 1.807) is 47.4 Å².